The van der Waals surface area contributed by atoms with E-state index in [1.54, 1.807) is 22.6 Å². The number of hydrogen-bond donors (Lipinski definition) is 0. The smallest absolute Gasteiger partial charge is 0.170 e. The standard InChI is InChI=1S/C4H7IO3S/c1-3(6)4(5)9(2,7)8/h4H,1-2H3/t4-/m0/s1. The Bertz CT molecular complexity index is 206. The van der Waals surface area contributed by atoms with Crippen molar-refractivity contribution in [2.75, 3.05) is 6.26 Å². The van der Waals surface area contributed by atoms with Gasteiger partial charge in [-0.1, -0.05) is 22.6 Å². The Morgan fingerprint density at radius 3 is 1.89 bits per heavy atom. The molecule has 0 bridgehead atoms. The predicted molar refractivity (Wildman–Crippen MR) is 43.3 cm³/mol. The number of carbonyl (C=O) groups excluding carboxylic acids is 1. The number of Topliss-reactive ketones (excluding diaryl/α,β-unsaturated/α-hetero) is 1. The van der Waals surface area contributed by atoms with Crippen LogP contribution in [0.1, 0.15) is 6.92 Å². The number of halogens is 1. The van der Waals surface area contributed by atoms with Gasteiger partial charge in [-0.2, -0.15) is 0 Å². The Kier molecular flexibility index (Phi) is 3.07. The highest BCUT2D eigenvalue weighted by Crippen LogP contribution is 2.08. The minimum atomic E-state index is -3.16. The van der Waals surface area contributed by atoms with Crippen molar-refractivity contribution in [2.24, 2.45) is 0 Å². The van der Waals surface area contributed by atoms with Crippen LogP contribution in [0.2, 0.25) is 0 Å². The second-order valence-electron chi connectivity index (χ2n) is 1.76. The molecule has 9 heavy (non-hydrogen) atoms. The van der Waals surface area contributed by atoms with E-state index < -0.39 is 13.1 Å². The molecule has 0 spiro atoms. The summed E-state index contributed by atoms with van der Waals surface area (Å²) in [5.41, 5.74) is 0. The van der Waals surface area contributed by atoms with Crippen molar-refractivity contribution in [3.8, 4) is 0 Å². The number of ketones is 1. The first-order chi connectivity index (χ1) is 3.85. The van der Waals surface area contributed by atoms with E-state index in [4.69, 9.17) is 0 Å². The summed E-state index contributed by atoms with van der Waals surface area (Å²) in [6.45, 7) is 1.26. The Hall–Kier alpha value is 0.350. The Morgan fingerprint density at radius 1 is 1.56 bits per heavy atom. The number of sulfone groups is 1. The van der Waals surface area contributed by atoms with Gasteiger partial charge in [0.25, 0.3) is 0 Å². The van der Waals surface area contributed by atoms with E-state index in [0.29, 0.717) is 0 Å². The molecule has 0 heterocycles. The van der Waals surface area contributed by atoms with Crippen LogP contribution in [0.3, 0.4) is 0 Å². The van der Waals surface area contributed by atoms with Crippen LogP contribution in [0, 0.1) is 0 Å². The molecule has 0 unspecified atom stereocenters. The molecule has 0 amide bonds. The van der Waals surface area contributed by atoms with E-state index in [1.165, 1.54) is 6.92 Å². The average Bonchev–Trinajstić information content (AvgIpc) is 1.62. The van der Waals surface area contributed by atoms with Crippen LogP contribution in [0.4, 0.5) is 0 Å². The molecule has 0 aromatic carbocycles. The van der Waals surface area contributed by atoms with Gasteiger partial charge in [0, 0.05) is 6.26 Å². The monoisotopic (exact) mass is 262 g/mol. The van der Waals surface area contributed by atoms with Gasteiger partial charge in [0.15, 0.2) is 18.9 Å². The van der Waals surface area contributed by atoms with Crippen LogP contribution < -0.4 is 0 Å². The fraction of sp³-hybridized carbons (Fsp3) is 0.750. The minimum absolute atomic E-state index is 0.321. The molecule has 0 saturated carbocycles. The van der Waals surface area contributed by atoms with E-state index in [1.807, 2.05) is 0 Å². The molecule has 0 aromatic heterocycles. The molecule has 0 radical (unpaired) electrons. The van der Waals surface area contributed by atoms with E-state index in [2.05, 4.69) is 0 Å². The molecule has 0 aromatic rings. The highest BCUT2D eigenvalue weighted by atomic mass is 127. The number of carbonyl (C=O) groups is 1. The van der Waals surface area contributed by atoms with E-state index >= 15 is 0 Å². The Balaban J connectivity index is 4.43. The van der Waals surface area contributed by atoms with Crippen molar-refractivity contribution in [1.82, 2.24) is 0 Å². The Labute approximate surface area is 67.9 Å². The zero-order valence-electron chi connectivity index (χ0n) is 5.09. The van der Waals surface area contributed by atoms with Crippen molar-refractivity contribution in [2.45, 2.75) is 10.2 Å². The van der Waals surface area contributed by atoms with E-state index in [9.17, 15) is 13.2 Å². The summed E-state index contributed by atoms with van der Waals surface area (Å²) in [6, 6.07) is 0. The second-order valence-corrected chi connectivity index (χ2v) is 5.98. The van der Waals surface area contributed by atoms with Crippen molar-refractivity contribution in [3.05, 3.63) is 0 Å². The van der Waals surface area contributed by atoms with Gasteiger partial charge in [0.05, 0.1) is 0 Å². The highest BCUT2D eigenvalue weighted by molar-refractivity contribution is 14.1. The Morgan fingerprint density at radius 2 is 1.89 bits per heavy atom. The lowest BCUT2D eigenvalue weighted by molar-refractivity contribution is -0.115. The van der Waals surface area contributed by atoms with Crippen LogP contribution in [0.15, 0.2) is 0 Å². The van der Waals surface area contributed by atoms with Gasteiger partial charge >= 0.3 is 0 Å². The van der Waals surface area contributed by atoms with Crippen LogP contribution in [0.25, 0.3) is 0 Å². The lowest BCUT2D eigenvalue weighted by atomic mass is 10.5. The number of rotatable bonds is 2. The van der Waals surface area contributed by atoms with Gasteiger partial charge in [0.1, 0.15) is 0 Å². The van der Waals surface area contributed by atoms with Gasteiger partial charge in [-0.3, -0.25) is 4.79 Å². The average molecular weight is 262 g/mol. The van der Waals surface area contributed by atoms with Crippen molar-refractivity contribution >= 4 is 38.2 Å². The van der Waals surface area contributed by atoms with Crippen LogP contribution in [-0.4, -0.2) is 23.7 Å². The van der Waals surface area contributed by atoms with Crippen molar-refractivity contribution in [3.63, 3.8) is 0 Å². The van der Waals surface area contributed by atoms with Gasteiger partial charge < -0.3 is 0 Å². The first-order valence-electron chi connectivity index (χ1n) is 2.19. The van der Waals surface area contributed by atoms with Gasteiger partial charge in [0.2, 0.25) is 0 Å². The molecule has 0 N–H and O–H groups in total. The summed E-state index contributed by atoms with van der Waals surface area (Å²) >= 11 is 1.60. The molecular formula is C4H7IO3S. The molecule has 54 valence electrons. The maximum atomic E-state index is 10.5. The zero-order chi connectivity index (χ0) is 7.65. The summed E-state index contributed by atoms with van der Waals surface area (Å²) in [5, 5.41) is 0. The van der Waals surface area contributed by atoms with Crippen LogP contribution >= 0.6 is 22.6 Å². The lowest BCUT2D eigenvalue weighted by Crippen LogP contribution is -2.20. The van der Waals surface area contributed by atoms with E-state index in [-0.39, 0.29) is 5.78 Å². The third kappa shape index (κ3) is 3.14. The van der Waals surface area contributed by atoms with Gasteiger partial charge in [-0.25, -0.2) is 8.42 Å². The molecule has 0 aliphatic heterocycles. The number of alkyl halides is 1. The summed E-state index contributed by atoms with van der Waals surface area (Å²) in [7, 11) is -3.16. The SMILES string of the molecule is CC(=O)[C@@H](I)S(C)(=O)=O. The summed E-state index contributed by atoms with van der Waals surface area (Å²) < 4.78 is 20.2. The maximum absolute atomic E-state index is 10.5. The number of hydrogen-bond acceptors (Lipinski definition) is 3. The second kappa shape index (κ2) is 2.96. The van der Waals surface area contributed by atoms with Crippen LogP contribution in [0.5, 0.6) is 0 Å². The molecule has 3 nitrogen and oxygen atoms in total. The molecule has 0 rings (SSSR count). The molecular weight excluding hydrogens is 255 g/mol. The van der Waals surface area contributed by atoms with Gasteiger partial charge in [-0.15, -0.1) is 0 Å². The quantitative estimate of drug-likeness (QED) is 0.534. The fourth-order valence-electron chi connectivity index (χ4n) is 0.301. The first kappa shape index (κ1) is 9.35. The summed E-state index contributed by atoms with van der Waals surface area (Å²) in [4.78, 5) is 10.4. The molecule has 1 atom stereocenters. The molecule has 0 aliphatic carbocycles. The third-order valence-corrected chi connectivity index (χ3v) is 5.43. The topological polar surface area (TPSA) is 51.2 Å². The molecule has 0 fully saturated rings. The van der Waals surface area contributed by atoms with Crippen molar-refractivity contribution < 1.29 is 13.2 Å². The lowest BCUT2D eigenvalue weighted by Gasteiger charge is -1.99. The third-order valence-electron chi connectivity index (χ3n) is 0.696. The van der Waals surface area contributed by atoms with Gasteiger partial charge in [-0.05, 0) is 6.92 Å². The fourth-order valence-corrected chi connectivity index (χ4v) is 0.904. The van der Waals surface area contributed by atoms with Crippen LogP contribution in [-0.2, 0) is 14.6 Å². The predicted octanol–water partition coefficient (Wildman–Crippen LogP) is 0.381. The van der Waals surface area contributed by atoms with E-state index in [0.717, 1.165) is 6.26 Å². The summed E-state index contributed by atoms with van der Waals surface area (Å²) in [5.74, 6) is -0.321. The normalized spacial score (nSPS) is 15.0. The summed E-state index contributed by atoms with van der Waals surface area (Å²) in [6.07, 6.45) is 1.05. The molecule has 5 heteroatoms. The minimum Gasteiger partial charge on any atom is -0.298 e. The highest BCUT2D eigenvalue weighted by Gasteiger charge is 2.20. The first-order valence-corrected chi connectivity index (χ1v) is 5.39. The maximum Gasteiger partial charge on any atom is 0.170 e. The van der Waals surface area contributed by atoms with Crippen molar-refractivity contribution in [1.29, 1.82) is 0 Å². The zero-order valence-corrected chi connectivity index (χ0v) is 8.06. The largest absolute Gasteiger partial charge is 0.298 e. The molecule has 0 saturated heterocycles. The molecule has 0 aliphatic rings.